The summed E-state index contributed by atoms with van der Waals surface area (Å²) in [5.74, 6) is 2.91. The van der Waals surface area contributed by atoms with E-state index >= 15 is 0 Å². The van der Waals surface area contributed by atoms with Gasteiger partial charge in [-0.3, -0.25) is 0 Å². The number of nitrogens with one attached hydrogen (secondary N) is 3. The molecule has 0 unspecified atom stereocenters. The molecule has 172 valence electrons. The summed E-state index contributed by atoms with van der Waals surface area (Å²) in [5, 5.41) is 15.9. The first-order valence-electron chi connectivity index (χ1n) is 10.8. The van der Waals surface area contributed by atoms with Gasteiger partial charge in [0.1, 0.15) is 17.4 Å². The van der Waals surface area contributed by atoms with Gasteiger partial charge in [-0.1, -0.05) is 12.1 Å². The van der Waals surface area contributed by atoms with Gasteiger partial charge in [0.25, 0.3) is 0 Å². The molecule has 4 rings (SSSR count). The molecule has 0 saturated heterocycles. The number of rotatable bonds is 8. The lowest BCUT2D eigenvalue weighted by atomic mass is 10.1. The highest BCUT2D eigenvalue weighted by atomic mass is 19.1. The lowest BCUT2D eigenvalue weighted by molar-refractivity contribution is 0.414. The zero-order valence-corrected chi connectivity index (χ0v) is 19.0. The molecule has 0 aliphatic carbocycles. The van der Waals surface area contributed by atoms with E-state index in [0.717, 1.165) is 45.8 Å². The van der Waals surface area contributed by atoms with Gasteiger partial charge in [0.05, 0.1) is 20.2 Å². The Morgan fingerprint density at radius 1 is 1.15 bits per heavy atom. The molecule has 2 aromatic heterocycles. The second-order valence-corrected chi connectivity index (χ2v) is 7.77. The van der Waals surface area contributed by atoms with Gasteiger partial charge in [-0.05, 0) is 54.8 Å². The number of fused-ring (bicyclic) bond motifs is 1. The average molecular weight is 450 g/mol. The van der Waals surface area contributed by atoms with Crippen LogP contribution in [-0.2, 0) is 26.6 Å². The van der Waals surface area contributed by atoms with Crippen LogP contribution in [0.25, 0.3) is 10.9 Å². The van der Waals surface area contributed by atoms with Crippen molar-refractivity contribution in [3.8, 4) is 5.75 Å². The Labute approximate surface area is 191 Å². The van der Waals surface area contributed by atoms with Crippen LogP contribution >= 0.6 is 0 Å². The number of aromatic nitrogens is 4. The second kappa shape index (κ2) is 10.2. The number of H-pyrrole nitrogens is 1. The van der Waals surface area contributed by atoms with Crippen molar-refractivity contribution in [2.75, 3.05) is 13.7 Å². The summed E-state index contributed by atoms with van der Waals surface area (Å²) >= 11 is 0. The van der Waals surface area contributed by atoms with Crippen LogP contribution in [0, 0.1) is 12.7 Å². The van der Waals surface area contributed by atoms with Crippen molar-refractivity contribution in [3.63, 3.8) is 0 Å². The van der Waals surface area contributed by atoms with Crippen LogP contribution in [0.15, 0.2) is 53.7 Å². The number of guanidine groups is 1. The summed E-state index contributed by atoms with van der Waals surface area (Å²) in [6.45, 7) is 3.55. The molecule has 2 heterocycles. The van der Waals surface area contributed by atoms with Gasteiger partial charge in [-0.2, -0.15) is 0 Å². The molecular weight excluding hydrogens is 421 g/mol. The third-order valence-corrected chi connectivity index (χ3v) is 5.59. The van der Waals surface area contributed by atoms with Crippen LogP contribution in [-0.4, -0.2) is 39.4 Å². The fourth-order valence-corrected chi connectivity index (χ4v) is 3.52. The van der Waals surface area contributed by atoms with E-state index in [9.17, 15) is 4.39 Å². The first kappa shape index (κ1) is 22.3. The third kappa shape index (κ3) is 5.49. The Balaban J connectivity index is 1.43. The molecule has 0 saturated carbocycles. The predicted octanol–water partition coefficient (Wildman–Crippen LogP) is 3.23. The summed E-state index contributed by atoms with van der Waals surface area (Å²) in [7, 11) is 3.58. The monoisotopic (exact) mass is 449 g/mol. The van der Waals surface area contributed by atoms with E-state index < -0.39 is 0 Å². The number of hydrogen-bond donors (Lipinski definition) is 3. The number of nitrogens with zero attached hydrogens (tertiary/aromatic N) is 4. The fourth-order valence-electron chi connectivity index (χ4n) is 3.52. The quantitative estimate of drug-likeness (QED) is 0.284. The molecule has 0 atom stereocenters. The largest absolute Gasteiger partial charge is 0.497 e. The zero-order chi connectivity index (χ0) is 23.2. The highest BCUT2D eigenvalue weighted by Gasteiger charge is 2.08. The van der Waals surface area contributed by atoms with Crippen LogP contribution in [0.5, 0.6) is 5.75 Å². The number of benzene rings is 2. The maximum absolute atomic E-state index is 13.7. The third-order valence-electron chi connectivity index (χ3n) is 5.59. The van der Waals surface area contributed by atoms with Crippen molar-refractivity contribution in [1.29, 1.82) is 0 Å². The molecule has 0 amide bonds. The molecule has 2 aromatic carbocycles. The van der Waals surface area contributed by atoms with E-state index in [1.807, 2.05) is 49.0 Å². The highest BCUT2D eigenvalue weighted by molar-refractivity contribution is 5.83. The minimum Gasteiger partial charge on any atom is -0.497 e. The molecule has 0 fully saturated rings. The number of ether oxygens (including phenoxy) is 1. The molecule has 0 radical (unpaired) electrons. The Kier molecular flexibility index (Phi) is 6.87. The number of halogens is 1. The highest BCUT2D eigenvalue weighted by Crippen LogP contribution is 2.19. The predicted molar refractivity (Wildman–Crippen MR) is 127 cm³/mol. The standard InChI is InChI=1S/C24H28FN7O/c1-16-30-31-23(32(16)2)15-29-24(28-13-17-4-7-20(33-3)8-5-17)26-11-10-18-14-27-22-9-6-19(25)12-21(18)22/h4-9,12,14,27H,10-11,13,15H2,1-3H3,(H2,26,28,29). The minimum atomic E-state index is -0.237. The van der Waals surface area contributed by atoms with Crippen LogP contribution in [0.1, 0.15) is 22.8 Å². The summed E-state index contributed by atoms with van der Waals surface area (Å²) in [6.07, 6.45) is 2.64. The van der Waals surface area contributed by atoms with E-state index in [1.54, 1.807) is 19.2 Å². The molecule has 9 heteroatoms. The first-order valence-corrected chi connectivity index (χ1v) is 10.8. The van der Waals surface area contributed by atoms with Gasteiger partial charge in [0, 0.05) is 30.7 Å². The van der Waals surface area contributed by atoms with Gasteiger partial charge in [0.15, 0.2) is 11.8 Å². The summed E-state index contributed by atoms with van der Waals surface area (Å²) in [6, 6.07) is 12.6. The molecule has 3 N–H and O–H groups in total. The topological polar surface area (TPSA) is 92.2 Å². The number of aromatic amines is 1. The lowest BCUT2D eigenvalue weighted by Gasteiger charge is -2.13. The van der Waals surface area contributed by atoms with E-state index in [1.165, 1.54) is 6.07 Å². The van der Waals surface area contributed by atoms with Crippen LogP contribution in [0.2, 0.25) is 0 Å². The SMILES string of the molecule is COc1ccc(CN=C(NCCc2c[nH]c3ccc(F)cc23)NCc2nnc(C)n2C)cc1. The maximum atomic E-state index is 13.7. The lowest BCUT2D eigenvalue weighted by Crippen LogP contribution is -2.38. The number of hydrogen-bond acceptors (Lipinski definition) is 4. The number of methoxy groups -OCH3 is 1. The van der Waals surface area contributed by atoms with Crippen LogP contribution < -0.4 is 15.4 Å². The van der Waals surface area contributed by atoms with E-state index in [-0.39, 0.29) is 5.82 Å². The Morgan fingerprint density at radius 2 is 1.97 bits per heavy atom. The Bertz CT molecular complexity index is 1240. The summed E-state index contributed by atoms with van der Waals surface area (Å²) in [4.78, 5) is 7.92. The van der Waals surface area contributed by atoms with E-state index in [2.05, 4.69) is 25.8 Å². The van der Waals surface area contributed by atoms with Gasteiger partial charge >= 0.3 is 0 Å². The first-order chi connectivity index (χ1) is 16.0. The molecule has 0 aliphatic rings. The van der Waals surface area contributed by atoms with Crippen LogP contribution in [0.4, 0.5) is 4.39 Å². The maximum Gasteiger partial charge on any atom is 0.191 e. The van der Waals surface area contributed by atoms with Crippen molar-refractivity contribution in [3.05, 3.63) is 77.3 Å². The van der Waals surface area contributed by atoms with Gasteiger partial charge in [-0.15, -0.1) is 10.2 Å². The van der Waals surface area contributed by atoms with E-state index in [0.29, 0.717) is 25.6 Å². The Hall–Kier alpha value is -3.88. The molecule has 33 heavy (non-hydrogen) atoms. The molecule has 8 nitrogen and oxygen atoms in total. The van der Waals surface area contributed by atoms with Crippen molar-refractivity contribution in [1.82, 2.24) is 30.4 Å². The molecule has 0 spiro atoms. The van der Waals surface area contributed by atoms with Crippen molar-refractivity contribution in [2.45, 2.75) is 26.4 Å². The van der Waals surface area contributed by atoms with Crippen LogP contribution in [0.3, 0.4) is 0 Å². The van der Waals surface area contributed by atoms with Crippen molar-refractivity contribution < 1.29 is 9.13 Å². The minimum absolute atomic E-state index is 0.237. The fraction of sp³-hybridized carbons (Fsp3) is 0.292. The van der Waals surface area contributed by atoms with Gasteiger partial charge in [-0.25, -0.2) is 9.38 Å². The molecule has 0 aliphatic heterocycles. The van der Waals surface area contributed by atoms with Gasteiger partial charge < -0.3 is 24.9 Å². The number of aryl methyl sites for hydroxylation is 1. The molecule has 4 aromatic rings. The number of aliphatic imine (C=N–C) groups is 1. The zero-order valence-electron chi connectivity index (χ0n) is 19.0. The summed E-state index contributed by atoms with van der Waals surface area (Å²) in [5.41, 5.74) is 3.05. The second-order valence-electron chi connectivity index (χ2n) is 7.77. The smallest absolute Gasteiger partial charge is 0.191 e. The van der Waals surface area contributed by atoms with E-state index in [4.69, 9.17) is 9.73 Å². The summed E-state index contributed by atoms with van der Waals surface area (Å²) < 4.78 is 20.8. The van der Waals surface area contributed by atoms with Crippen molar-refractivity contribution >= 4 is 16.9 Å². The van der Waals surface area contributed by atoms with Crippen molar-refractivity contribution in [2.24, 2.45) is 12.0 Å². The molecular formula is C24H28FN7O. The molecule has 0 bridgehead atoms. The Morgan fingerprint density at radius 3 is 2.70 bits per heavy atom. The normalized spacial score (nSPS) is 11.7. The van der Waals surface area contributed by atoms with Gasteiger partial charge in [0.2, 0.25) is 0 Å². The average Bonchev–Trinajstić information content (AvgIpc) is 3.38.